The lowest BCUT2D eigenvalue weighted by atomic mass is 10.1. The van der Waals surface area contributed by atoms with Crippen LogP contribution in [0.1, 0.15) is 36.2 Å². The average Bonchev–Trinajstić information content (AvgIpc) is 2.72. The summed E-state index contributed by atoms with van der Waals surface area (Å²) in [6.07, 6.45) is 2.97. The van der Waals surface area contributed by atoms with E-state index in [9.17, 15) is 4.79 Å². The average molecular weight is 383 g/mol. The quantitative estimate of drug-likeness (QED) is 0.631. The monoisotopic (exact) mass is 383 g/mol. The molecule has 5 nitrogen and oxygen atoms in total. The van der Waals surface area contributed by atoms with Gasteiger partial charge in [0.15, 0.2) is 11.5 Å². The summed E-state index contributed by atoms with van der Waals surface area (Å²) in [5.74, 6) is 1.35. The zero-order valence-electron chi connectivity index (χ0n) is 17.3. The molecule has 0 atom stereocenters. The van der Waals surface area contributed by atoms with Crippen molar-refractivity contribution < 1.29 is 19.0 Å². The van der Waals surface area contributed by atoms with E-state index in [1.807, 2.05) is 30.0 Å². The summed E-state index contributed by atoms with van der Waals surface area (Å²) >= 11 is 0. The molecule has 0 bridgehead atoms. The number of hydrogen-bond donors (Lipinski definition) is 0. The molecule has 5 heteroatoms. The van der Waals surface area contributed by atoms with E-state index in [0.717, 1.165) is 17.6 Å². The van der Waals surface area contributed by atoms with Crippen LogP contribution in [0.3, 0.4) is 0 Å². The molecule has 0 saturated carbocycles. The number of ether oxygens (including phenoxy) is 3. The number of benzene rings is 2. The molecular formula is C23H29NO4. The second-order valence-electron chi connectivity index (χ2n) is 6.54. The summed E-state index contributed by atoms with van der Waals surface area (Å²) in [5, 5.41) is 0. The molecule has 150 valence electrons. The Morgan fingerprint density at radius 2 is 1.61 bits per heavy atom. The lowest BCUT2D eigenvalue weighted by Gasteiger charge is -2.24. The smallest absolute Gasteiger partial charge is 0.254 e. The van der Waals surface area contributed by atoms with Gasteiger partial charge in [-0.25, -0.2) is 0 Å². The highest BCUT2D eigenvalue weighted by molar-refractivity contribution is 5.96. The summed E-state index contributed by atoms with van der Waals surface area (Å²) < 4.78 is 16.1. The Morgan fingerprint density at radius 3 is 2.11 bits per heavy atom. The van der Waals surface area contributed by atoms with Crippen LogP contribution in [0.25, 0.3) is 6.08 Å². The summed E-state index contributed by atoms with van der Waals surface area (Å²) in [6, 6.07) is 13.5. The van der Waals surface area contributed by atoms with E-state index in [0.29, 0.717) is 35.9 Å². The fourth-order valence-corrected chi connectivity index (χ4v) is 3.09. The van der Waals surface area contributed by atoms with Crippen molar-refractivity contribution in [2.24, 2.45) is 0 Å². The lowest BCUT2D eigenvalue weighted by Crippen LogP contribution is -2.33. The Morgan fingerprint density at radius 1 is 1.00 bits per heavy atom. The van der Waals surface area contributed by atoms with E-state index >= 15 is 0 Å². The highest BCUT2D eigenvalue weighted by Gasteiger charge is 2.21. The fraction of sp³-hybridized carbons (Fsp3) is 0.348. The van der Waals surface area contributed by atoms with Crippen LogP contribution in [0.4, 0.5) is 0 Å². The third-order valence-corrected chi connectivity index (χ3v) is 4.35. The second-order valence-corrected chi connectivity index (χ2v) is 6.54. The van der Waals surface area contributed by atoms with Gasteiger partial charge < -0.3 is 19.1 Å². The molecule has 0 heterocycles. The van der Waals surface area contributed by atoms with E-state index in [2.05, 4.69) is 25.1 Å². The molecule has 0 radical (unpaired) electrons. The minimum Gasteiger partial charge on any atom is -0.493 e. The summed E-state index contributed by atoms with van der Waals surface area (Å²) in [5.41, 5.74) is 2.74. The van der Waals surface area contributed by atoms with Gasteiger partial charge in [0.25, 0.3) is 5.91 Å². The van der Waals surface area contributed by atoms with Crippen molar-refractivity contribution in [3.63, 3.8) is 0 Å². The standard InChI is InChI=1S/C23H29NO4/c1-6-12-24(16-17(2)13-18-10-8-7-9-11-18)23(25)19-14-20(26-3)22(28-5)21(15-19)27-4/h7-11,13-15H,6,12,16H2,1-5H3/b17-13+. The van der Waals surface area contributed by atoms with Gasteiger partial charge in [0.2, 0.25) is 5.75 Å². The third kappa shape index (κ3) is 5.28. The summed E-state index contributed by atoms with van der Waals surface area (Å²) in [7, 11) is 4.63. The molecule has 2 aromatic rings. The van der Waals surface area contributed by atoms with Crippen LogP contribution >= 0.6 is 0 Å². The maximum absolute atomic E-state index is 13.2. The van der Waals surface area contributed by atoms with E-state index < -0.39 is 0 Å². The highest BCUT2D eigenvalue weighted by atomic mass is 16.5. The minimum atomic E-state index is -0.0677. The Bertz CT molecular complexity index is 790. The molecule has 0 aliphatic rings. The van der Waals surface area contributed by atoms with Gasteiger partial charge in [0, 0.05) is 18.7 Å². The Hall–Kier alpha value is -2.95. The molecule has 0 aliphatic carbocycles. The van der Waals surface area contributed by atoms with Gasteiger partial charge in [-0.3, -0.25) is 4.79 Å². The number of nitrogens with zero attached hydrogens (tertiary/aromatic N) is 1. The van der Waals surface area contributed by atoms with E-state index in [-0.39, 0.29) is 5.91 Å². The van der Waals surface area contributed by atoms with Crippen molar-refractivity contribution in [1.82, 2.24) is 4.90 Å². The van der Waals surface area contributed by atoms with E-state index in [1.165, 1.54) is 0 Å². The molecular weight excluding hydrogens is 354 g/mol. The van der Waals surface area contributed by atoms with Gasteiger partial charge in [-0.15, -0.1) is 0 Å². The van der Waals surface area contributed by atoms with Crippen LogP contribution in [0, 0.1) is 0 Å². The summed E-state index contributed by atoms with van der Waals surface area (Å²) in [6.45, 7) is 5.32. The Balaban J connectivity index is 2.30. The van der Waals surface area contributed by atoms with E-state index in [4.69, 9.17) is 14.2 Å². The van der Waals surface area contributed by atoms with Crippen LogP contribution in [0.2, 0.25) is 0 Å². The van der Waals surface area contributed by atoms with Crippen LogP contribution in [0.15, 0.2) is 48.0 Å². The van der Waals surface area contributed by atoms with Crippen LogP contribution in [0.5, 0.6) is 17.2 Å². The number of carbonyl (C=O) groups is 1. The molecule has 0 saturated heterocycles. The molecule has 0 aromatic heterocycles. The molecule has 2 aromatic carbocycles. The van der Waals surface area contributed by atoms with Crippen molar-refractivity contribution in [1.29, 1.82) is 0 Å². The third-order valence-electron chi connectivity index (χ3n) is 4.35. The van der Waals surface area contributed by atoms with E-state index in [1.54, 1.807) is 33.5 Å². The van der Waals surface area contributed by atoms with Gasteiger partial charge in [-0.2, -0.15) is 0 Å². The highest BCUT2D eigenvalue weighted by Crippen LogP contribution is 2.38. The number of hydrogen-bond acceptors (Lipinski definition) is 4. The van der Waals surface area contributed by atoms with Gasteiger partial charge in [-0.1, -0.05) is 48.9 Å². The maximum atomic E-state index is 13.2. The number of amides is 1. The van der Waals surface area contributed by atoms with Gasteiger partial charge in [-0.05, 0) is 31.0 Å². The topological polar surface area (TPSA) is 48.0 Å². The minimum absolute atomic E-state index is 0.0677. The van der Waals surface area contributed by atoms with Crippen LogP contribution in [-0.2, 0) is 0 Å². The van der Waals surface area contributed by atoms with Crippen molar-refractivity contribution in [3.8, 4) is 17.2 Å². The Kier molecular flexibility index (Phi) is 7.93. The molecule has 0 fully saturated rings. The van der Waals surface area contributed by atoms with Gasteiger partial charge >= 0.3 is 0 Å². The van der Waals surface area contributed by atoms with Crippen LogP contribution < -0.4 is 14.2 Å². The number of methoxy groups -OCH3 is 3. The summed E-state index contributed by atoms with van der Waals surface area (Å²) in [4.78, 5) is 15.0. The van der Waals surface area contributed by atoms with Gasteiger partial charge in [0.05, 0.1) is 21.3 Å². The largest absolute Gasteiger partial charge is 0.493 e. The number of rotatable bonds is 9. The molecule has 0 aliphatic heterocycles. The molecule has 2 rings (SSSR count). The maximum Gasteiger partial charge on any atom is 0.254 e. The molecule has 1 amide bonds. The first kappa shape index (κ1) is 21.4. The first-order valence-electron chi connectivity index (χ1n) is 9.35. The predicted octanol–water partition coefficient (Wildman–Crippen LogP) is 4.67. The zero-order chi connectivity index (χ0) is 20.5. The number of carbonyl (C=O) groups excluding carboxylic acids is 1. The fourth-order valence-electron chi connectivity index (χ4n) is 3.09. The first-order valence-corrected chi connectivity index (χ1v) is 9.35. The SMILES string of the molecule is CCCN(C/C(C)=C/c1ccccc1)C(=O)c1cc(OC)c(OC)c(OC)c1. The second kappa shape index (κ2) is 10.4. The normalized spacial score (nSPS) is 11.1. The van der Waals surface area contributed by atoms with Crippen LogP contribution in [-0.4, -0.2) is 45.2 Å². The lowest BCUT2D eigenvalue weighted by molar-refractivity contribution is 0.0769. The van der Waals surface area contributed by atoms with Crippen molar-refractivity contribution in [2.45, 2.75) is 20.3 Å². The van der Waals surface area contributed by atoms with Crippen molar-refractivity contribution >= 4 is 12.0 Å². The first-order chi connectivity index (χ1) is 13.5. The molecule has 0 spiro atoms. The van der Waals surface area contributed by atoms with Crippen molar-refractivity contribution in [2.75, 3.05) is 34.4 Å². The molecule has 0 N–H and O–H groups in total. The zero-order valence-corrected chi connectivity index (χ0v) is 17.3. The predicted molar refractivity (Wildman–Crippen MR) is 112 cm³/mol. The Labute approximate surface area is 167 Å². The molecule has 0 unspecified atom stereocenters. The molecule has 28 heavy (non-hydrogen) atoms. The van der Waals surface area contributed by atoms with Gasteiger partial charge in [0.1, 0.15) is 0 Å². The van der Waals surface area contributed by atoms with Crippen molar-refractivity contribution in [3.05, 3.63) is 59.2 Å².